The van der Waals surface area contributed by atoms with Crippen molar-refractivity contribution in [2.75, 3.05) is 32.0 Å². The first kappa shape index (κ1) is 19.6. The molecule has 1 aromatic carbocycles. The number of guanidine groups is 1. The average molecular weight is 368 g/mol. The van der Waals surface area contributed by atoms with Crippen molar-refractivity contribution in [1.29, 1.82) is 0 Å². The first-order chi connectivity index (χ1) is 11.8. The summed E-state index contributed by atoms with van der Waals surface area (Å²) < 4.78 is 29.3. The van der Waals surface area contributed by atoms with Crippen LogP contribution >= 0.6 is 0 Å². The van der Waals surface area contributed by atoms with Crippen molar-refractivity contribution < 1.29 is 13.2 Å². The first-order valence-electron chi connectivity index (χ1n) is 8.77. The van der Waals surface area contributed by atoms with Gasteiger partial charge >= 0.3 is 0 Å². The van der Waals surface area contributed by atoms with Crippen LogP contribution in [0.1, 0.15) is 33.3 Å². The van der Waals surface area contributed by atoms with E-state index in [9.17, 15) is 8.42 Å². The first-order valence-corrected chi connectivity index (χ1v) is 10.4. The van der Waals surface area contributed by atoms with Crippen molar-refractivity contribution in [2.45, 2.75) is 39.0 Å². The molecule has 1 heterocycles. The van der Waals surface area contributed by atoms with E-state index in [1.54, 1.807) is 13.8 Å². The van der Waals surface area contributed by atoms with Crippen LogP contribution in [0.5, 0.6) is 5.75 Å². The lowest BCUT2D eigenvalue weighted by molar-refractivity contribution is 0.336. The third-order valence-corrected chi connectivity index (χ3v) is 6.88. The quantitative estimate of drug-likeness (QED) is 0.637. The summed E-state index contributed by atoms with van der Waals surface area (Å²) in [6, 6.07) is 7.86. The lowest BCUT2D eigenvalue weighted by Crippen LogP contribution is -2.57. The van der Waals surface area contributed by atoms with Gasteiger partial charge in [0, 0.05) is 25.2 Å². The minimum absolute atomic E-state index is 0.153. The van der Waals surface area contributed by atoms with Crippen LogP contribution in [-0.4, -0.2) is 56.0 Å². The second-order valence-corrected chi connectivity index (χ2v) is 9.45. The summed E-state index contributed by atoms with van der Waals surface area (Å²) in [7, 11) is -3.07. The number of nitrogens with zero attached hydrogens (tertiary/aromatic N) is 2. The molecule has 1 saturated heterocycles. The Labute approximate surface area is 151 Å². The Hall–Kier alpha value is -1.76. The molecule has 0 amide bonds. The zero-order valence-corrected chi connectivity index (χ0v) is 16.4. The van der Waals surface area contributed by atoms with E-state index in [1.807, 2.05) is 43.0 Å². The largest absolute Gasteiger partial charge is 0.494 e. The summed E-state index contributed by atoms with van der Waals surface area (Å²) in [5.74, 6) is 1.74. The molecule has 0 saturated carbocycles. The molecule has 7 heteroatoms. The lowest BCUT2D eigenvalue weighted by atomic mass is 10.2. The van der Waals surface area contributed by atoms with Crippen LogP contribution in [-0.2, 0) is 16.4 Å². The van der Waals surface area contributed by atoms with E-state index in [1.165, 1.54) is 0 Å². The molecule has 1 N–H and O–H groups in total. The van der Waals surface area contributed by atoms with Gasteiger partial charge in [-0.05, 0) is 33.8 Å². The molecule has 6 nitrogen and oxygen atoms in total. The number of hydrogen-bond donors (Lipinski definition) is 1. The third kappa shape index (κ3) is 4.66. The van der Waals surface area contributed by atoms with Crippen molar-refractivity contribution in [3.05, 3.63) is 29.8 Å². The number of hydrogen-bond acceptors (Lipinski definition) is 4. The number of nitrogens with one attached hydrogen (secondary N) is 1. The van der Waals surface area contributed by atoms with E-state index in [0.29, 0.717) is 26.2 Å². The fourth-order valence-corrected chi connectivity index (χ4v) is 4.21. The van der Waals surface area contributed by atoms with Gasteiger partial charge in [0.2, 0.25) is 0 Å². The summed E-state index contributed by atoms with van der Waals surface area (Å²) >= 11 is 0. The highest BCUT2D eigenvalue weighted by atomic mass is 32.2. The van der Waals surface area contributed by atoms with Gasteiger partial charge in [-0.25, -0.2) is 13.4 Å². The summed E-state index contributed by atoms with van der Waals surface area (Å²) in [5.41, 5.74) is 1.02. The van der Waals surface area contributed by atoms with E-state index >= 15 is 0 Å². The number of rotatable bonds is 5. The minimum atomic E-state index is -3.07. The monoisotopic (exact) mass is 367 g/mol. The minimum Gasteiger partial charge on any atom is -0.494 e. The maximum atomic E-state index is 12.2. The van der Waals surface area contributed by atoms with Gasteiger partial charge in [0.25, 0.3) is 0 Å². The molecule has 0 bridgehead atoms. The topological polar surface area (TPSA) is 71.0 Å². The highest BCUT2D eigenvalue weighted by Gasteiger charge is 2.40. The van der Waals surface area contributed by atoms with Crippen LogP contribution in [0.4, 0.5) is 0 Å². The van der Waals surface area contributed by atoms with Gasteiger partial charge in [-0.15, -0.1) is 0 Å². The van der Waals surface area contributed by atoms with Crippen LogP contribution in [0.3, 0.4) is 0 Å². The summed E-state index contributed by atoms with van der Waals surface area (Å²) in [5, 5.41) is 3.28. The summed E-state index contributed by atoms with van der Waals surface area (Å²) in [6.45, 7) is 10.3. The van der Waals surface area contributed by atoms with Gasteiger partial charge < -0.3 is 15.0 Å². The molecular weight excluding hydrogens is 338 g/mol. The highest BCUT2D eigenvalue weighted by Crippen LogP contribution is 2.24. The van der Waals surface area contributed by atoms with Crippen molar-refractivity contribution in [3.8, 4) is 5.75 Å². The van der Waals surface area contributed by atoms with Gasteiger partial charge in [-0.2, -0.15) is 0 Å². The smallest absolute Gasteiger partial charge is 0.194 e. The van der Waals surface area contributed by atoms with Gasteiger partial charge in [0.15, 0.2) is 15.8 Å². The van der Waals surface area contributed by atoms with Crippen molar-refractivity contribution in [1.82, 2.24) is 10.2 Å². The predicted octanol–water partition coefficient (Wildman–Crippen LogP) is 2.06. The molecule has 1 aliphatic heterocycles. The predicted molar refractivity (Wildman–Crippen MR) is 102 cm³/mol. The molecule has 1 aromatic rings. The molecule has 0 spiro atoms. The number of para-hydroxylation sites is 1. The molecule has 0 aliphatic carbocycles. The third-order valence-electron chi connectivity index (χ3n) is 4.35. The van der Waals surface area contributed by atoms with E-state index in [0.717, 1.165) is 23.8 Å². The lowest BCUT2D eigenvalue weighted by Gasteiger charge is -2.39. The van der Waals surface area contributed by atoms with E-state index in [2.05, 4.69) is 5.32 Å². The van der Waals surface area contributed by atoms with Gasteiger partial charge in [-0.3, -0.25) is 0 Å². The maximum Gasteiger partial charge on any atom is 0.194 e. The normalized spacial score (nSPS) is 19.5. The van der Waals surface area contributed by atoms with E-state index in [-0.39, 0.29) is 5.75 Å². The number of ether oxygens (including phenoxy) is 1. The Bertz CT molecular complexity index is 714. The molecule has 0 aromatic heterocycles. The highest BCUT2D eigenvalue weighted by molar-refractivity contribution is 7.92. The second kappa shape index (κ2) is 8.08. The van der Waals surface area contributed by atoms with Crippen molar-refractivity contribution in [2.24, 2.45) is 4.99 Å². The molecule has 0 atom stereocenters. The van der Waals surface area contributed by atoms with Gasteiger partial charge in [-0.1, -0.05) is 18.2 Å². The molecule has 140 valence electrons. The molecule has 0 radical (unpaired) electrons. The second-order valence-electron chi connectivity index (χ2n) is 6.71. The van der Waals surface area contributed by atoms with Crippen LogP contribution < -0.4 is 10.1 Å². The number of benzene rings is 1. The zero-order chi connectivity index (χ0) is 18.5. The molecular formula is C18H29N3O3S. The maximum absolute atomic E-state index is 12.2. The Morgan fingerprint density at radius 3 is 2.68 bits per heavy atom. The van der Waals surface area contributed by atoms with Crippen molar-refractivity contribution in [3.63, 3.8) is 0 Å². The Balaban J connectivity index is 2.20. The number of aliphatic imine (C=N–C) groups is 1. The standard InChI is InChI=1S/C18H29N3O3S/c1-5-19-17(21-11-12-25(22,23)18(3,4)14-21)20-13-15-9-7-8-10-16(15)24-6-2/h7-10H,5-6,11-14H2,1-4H3,(H,19,20). The SMILES string of the molecule is CCNC(=NCc1ccccc1OCC)N1CCS(=O)(=O)C(C)(C)C1. The van der Waals surface area contributed by atoms with E-state index < -0.39 is 14.6 Å². The van der Waals surface area contributed by atoms with E-state index in [4.69, 9.17) is 9.73 Å². The van der Waals surface area contributed by atoms with Gasteiger partial charge in [0.05, 0.1) is 23.7 Å². The van der Waals surface area contributed by atoms with Crippen molar-refractivity contribution >= 4 is 15.8 Å². The summed E-state index contributed by atoms with van der Waals surface area (Å²) in [6.07, 6.45) is 0. The van der Waals surface area contributed by atoms with Crippen LogP contribution in [0.2, 0.25) is 0 Å². The average Bonchev–Trinajstić information content (AvgIpc) is 2.56. The van der Waals surface area contributed by atoms with Gasteiger partial charge in [0.1, 0.15) is 5.75 Å². The molecule has 25 heavy (non-hydrogen) atoms. The molecule has 1 aliphatic rings. The Morgan fingerprint density at radius 2 is 2.04 bits per heavy atom. The molecule has 2 rings (SSSR count). The molecule has 1 fully saturated rings. The fraction of sp³-hybridized carbons (Fsp3) is 0.611. The Kier molecular flexibility index (Phi) is 6.32. The Morgan fingerprint density at radius 1 is 1.32 bits per heavy atom. The zero-order valence-electron chi connectivity index (χ0n) is 15.6. The molecule has 0 unspecified atom stereocenters. The summed E-state index contributed by atoms with van der Waals surface area (Å²) in [4.78, 5) is 6.76. The fourth-order valence-electron chi connectivity index (χ4n) is 2.84. The number of sulfone groups is 1. The van der Waals surface area contributed by atoms with Crippen LogP contribution in [0.25, 0.3) is 0 Å². The van der Waals surface area contributed by atoms with Crippen LogP contribution in [0, 0.1) is 0 Å². The van der Waals surface area contributed by atoms with Crippen LogP contribution in [0.15, 0.2) is 29.3 Å².